The number of rotatable bonds is 5. The molecule has 5 rings (SSSR count). The summed E-state index contributed by atoms with van der Waals surface area (Å²) >= 11 is 0. The van der Waals surface area contributed by atoms with Gasteiger partial charge in [0, 0.05) is 62.3 Å². The molecule has 0 atom stereocenters. The van der Waals surface area contributed by atoms with Crippen LogP contribution in [0.25, 0.3) is 16.6 Å². The number of anilines is 2. The lowest BCUT2D eigenvalue weighted by Crippen LogP contribution is -2.34. The van der Waals surface area contributed by atoms with Crippen LogP contribution in [0.1, 0.15) is 19.4 Å². The molecule has 0 spiro atoms. The van der Waals surface area contributed by atoms with Crippen LogP contribution >= 0.6 is 0 Å². The molecule has 0 fully saturated rings. The summed E-state index contributed by atoms with van der Waals surface area (Å²) in [6.07, 6.45) is 4.91. The Morgan fingerprint density at radius 2 is 1.89 bits per heavy atom. The molecule has 0 radical (unpaired) electrons. The van der Waals surface area contributed by atoms with Gasteiger partial charge >= 0.3 is 0 Å². The van der Waals surface area contributed by atoms with E-state index in [2.05, 4.69) is 28.8 Å². The van der Waals surface area contributed by atoms with Crippen LogP contribution in [-0.4, -0.2) is 57.6 Å². The van der Waals surface area contributed by atoms with Gasteiger partial charge in [0.05, 0.1) is 42.7 Å². The third kappa shape index (κ3) is 3.97. The van der Waals surface area contributed by atoms with Crippen LogP contribution in [0.2, 0.25) is 0 Å². The number of methoxy groups -OCH3 is 2. The Kier molecular flexibility index (Phi) is 6.13. The monoisotopic (exact) mass is 492 g/mol. The average molecular weight is 493 g/mol. The van der Waals surface area contributed by atoms with E-state index in [1.165, 1.54) is 31.2 Å². The number of hydrogen-bond acceptors (Lipinski definition) is 7. The number of ether oxygens (including phenoxy) is 2. The number of fused-ring (bicyclic) bond motifs is 3. The first-order chi connectivity index (χ1) is 17.3. The molecular weight excluding hydrogens is 463 g/mol. The predicted octanol–water partition coefficient (Wildman–Crippen LogP) is 3.64. The molecule has 9 nitrogen and oxygen atoms in total. The molecule has 0 N–H and O–H groups in total. The van der Waals surface area contributed by atoms with E-state index in [1.807, 2.05) is 17.0 Å². The zero-order chi connectivity index (χ0) is 25.6. The van der Waals surface area contributed by atoms with Crippen molar-refractivity contribution in [2.75, 3.05) is 32.2 Å². The summed E-state index contributed by atoms with van der Waals surface area (Å²) in [5.74, 6) is 0.0923. The second-order valence-corrected chi connectivity index (χ2v) is 9.13. The van der Waals surface area contributed by atoms with Crippen molar-refractivity contribution in [3.8, 4) is 17.2 Å². The van der Waals surface area contributed by atoms with Gasteiger partial charge in [0.1, 0.15) is 12.1 Å². The third-order valence-corrected chi connectivity index (χ3v) is 6.71. The third-order valence-electron chi connectivity index (χ3n) is 6.71. The molecule has 0 bridgehead atoms. The van der Waals surface area contributed by atoms with Gasteiger partial charge < -0.3 is 14.4 Å². The molecule has 10 heteroatoms. The van der Waals surface area contributed by atoms with Crippen LogP contribution < -0.4 is 19.9 Å². The van der Waals surface area contributed by atoms with E-state index in [1.54, 1.807) is 30.2 Å². The summed E-state index contributed by atoms with van der Waals surface area (Å²) in [4.78, 5) is 22.6. The molecule has 2 aromatic carbocycles. The lowest BCUT2D eigenvalue weighted by molar-refractivity contribution is 0.224. The van der Waals surface area contributed by atoms with Crippen LogP contribution in [0.4, 0.5) is 15.8 Å². The second-order valence-electron chi connectivity index (χ2n) is 9.13. The Morgan fingerprint density at radius 1 is 1.08 bits per heavy atom. The molecule has 36 heavy (non-hydrogen) atoms. The smallest absolute Gasteiger partial charge is 0.266 e. The lowest BCUT2D eigenvalue weighted by Gasteiger charge is -2.27. The number of aryl methyl sites for hydroxylation is 1. The molecule has 4 aromatic rings. The Morgan fingerprint density at radius 3 is 2.56 bits per heavy atom. The van der Waals surface area contributed by atoms with Crippen molar-refractivity contribution < 1.29 is 13.9 Å². The highest BCUT2D eigenvalue weighted by molar-refractivity contribution is 5.89. The minimum atomic E-state index is -0.485. The van der Waals surface area contributed by atoms with E-state index >= 15 is 4.39 Å². The summed E-state index contributed by atoms with van der Waals surface area (Å²) in [5, 5.41) is 4.70. The summed E-state index contributed by atoms with van der Waals surface area (Å²) < 4.78 is 29.5. The van der Waals surface area contributed by atoms with Crippen molar-refractivity contribution >= 4 is 22.3 Å². The molecule has 0 aliphatic carbocycles. The van der Waals surface area contributed by atoms with Gasteiger partial charge in [0.25, 0.3) is 5.56 Å². The van der Waals surface area contributed by atoms with Crippen LogP contribution in [0.15, 0.2) is 47.8 Å². The first-order valence-corrected chi connectivity index (χ1v) is 11.8. The van der Waals surface area contributed by atoms with Gasteiger partial charge in [-0.25, -0.2) is 9.37 Å². The maximum Gasteiger partial charge on any atom is 0.266 e. The van der Waals surface area contributed by atoms with E-state index in [4.69, 9.17) is 9.47 Å². The van der Waals surface area contributed by atoms with Gasteiger partial charge in [-0.3, -0.25) is 18.9 Å². The molecule has 3 heterocycles. The van der Waals surface area contributed by atoms with E-state index in [-0.39, 0.29) is 17.4 Å². The van der Waals surface area contributed by atoms with Crippen molar-refractivity contribution in [1.29, 1.82) is 0 Å². The number of halogens is 1. The summed E-state index contributed by atoms with van der Waals surface area (Å²) in [6, 6.07) is 7.13. The number of hydrogen-bond donors (Lipinski definition) is 0. The molecule has 0 saturated heterocycles. The largest absolute Gasteiger partial charge is 0.497 e. The topological polar surface area (TPSA) is 77.7 Å². The summed E-state index contributed by atoms with van der Waals surface area (Å²) in [5.41, 5.74) is 2.91. The van der Waals surface area contributed by atoms with Gasteiger partial charge in [0.15, 0.2) is 11.6 Å². The number of benzene rings is 2. The highest BCUT2D eigenvalue weighted by atomic mass is 19.1. The first kappa shape index (κ1) is 23.8. The van der Waals surface area contributed by atoms with Crippen LogP contribution in [-0.2, 0) is 13.6 Å². The lowest BCUT2D eigenvalue weighted by atomic mass is 10.0. The minimum Gasteiger partial charge on any atom is -0.497 e. The van der Waals surface area contributed by atoms with Gasteiger partial charge in [-0.05, 0) is 26.0 Å². The number of nitrogens with zero attached hydrogens (tertiary/aromatic N) is 6. The SMILES string of the molecule is COc1cc(OC)c(F)c(N2CCN(C(C)C)Cc3c2ccc2ncn(-c4cnn(C)c4)c(=O)c32)c1. The standard InChI is InChI=1S/C26H29FN6O3/c1-16(2)31-8-9-32(22-10-18(35-4)11-23(36-5)25(22)27)21-7-6-20-24(19(21)14-31)26(34)33(15-28-20)17-12-29-30(3)13-17/h6-7,10-13,15-16H,8-9,14H2,1-5H3. The maximum atomic E-state index is 15.6. The van der Waals surface area contributed by atoms with Crippen molar-refractivity contribution in [1.82, 2.24) is 24.2 Å². The Labute approximate surface area is 208 Å². The second kappa shape index (κ2) is 9.27. The van der Waals surface area contributed by atoms with E-state index in [0.29, 0.717) is 47.7 Å². The zero-order valence-electron chi connectivity index (χ0n) is 21.0. The Balaban J connectivity index is 1.78. The van der Waals surface area contributed by atoms with Crippen molar-refractivity contribution in [2.45, 2.75) is 26.4 Å². The fourth-order valence-electron chi connectivity index (χ4n) is 4.74. The van der Waals surface area contributed by atoms with Crippen LogP contribution in [0, 0.1) is 5.82 Å². The molecule has 0 saturated carbocycles. The van der Waals surface area contributed by atoms with Gasteiger partial charge in [-0.1, -0.05) is 0 Å². The van der Waals surface area contributed by atoms with E-state index in [9.17, 15) is 4.79 Å². The first-order valence-electron chi connectivity index (χ1n) is 11.8. The fraction of sp³-hybridized carbons (Fsp3) is 0.346. The summed E-state index contributed by atoms with van der Waals surface area (Å²) in [7, 11) is 4.76. The van der Waals surface area contributed by atoms with Gasteiger partial charge in [-0.15, -0.1) is 0 Å². The van der Waals surface area contributed by atoms with Gasteiger partial charge in [0.2, 0.25) is 0 Å². The molecule has 188 valence electrons. The van der Waals surface area contributed by atoms with Crippen molar-refractivity contribution in [3.63, 3.8) is 0 Å². The van der Waals surface area contributed by atoms with Crippen LogP contribution in [0.3, 0.4) is 0 Å². The fourth-order valence-corrected chi connectivity index (χ4v) is 4.74. The number of aromatic nitrogens is 4. The predicted molar refractivity (Wildman–Crippen MR) is 136 cm³/mol. The molecule has 1 aliphatic rings. The highest BCUT2D eigenvalue weighted by Gasteiger charge is 2.28. The van der Waals surface area contributed by atoms with E-state index in [0.717, 1.165) is 11.3 Å². The molecule has 0 amide bonds. The quantitative estimate of drug-likeness (QED) is 0.421. The molecule has 2 aromatic heterocycles. The van der Waals surface area contributed by atoms with Crippen molar-refractivity contribution in [3.05, 3.63) is 64.7 Å². The van der Waals surface area contributed by atoms with Gasteiger partial charge in [-0.2, -0.15) is 5.10 Å². The normalized spacial score (nSPS) is 14.2. The minimum absolute atomic E-state index is 0.0947. The Bertz CT molecular complexity index is 1500. The molecule has 1 aliphatic heterocycles. The zero-order valence-corrected chi connectivity index (χ0v) is 21.0. The Hall–Kier alpha value is -3.92. The van der Waals surface area contributed by atoms with Crippen molar-refractivity contribution in [2.24, 2.45) is 7.05 Å². The molecule has 0 unspecified atom stereocenters. The average Bonchev–Trinajstić information content (AvgIpc) is 3.20. The molecular formula is C26H29FN6O3. The van der Waals surface area contributed by atoms with E-state index < -0.39 is 5.82 Å². The van der Waals surface area contributed by atoms with Crippen LogP contribution in [0.5, 0.6) is 11.5 Å². The maximum absolute atomic E-state index is 15.6. The summed E-state index contributed by atoms with van der Waals surface area (Å²) in [6.45, 7) is 5.94. The highest BCUT2D eigenvalue weighted by Crippen LogP contribution is 2.40.